The molecule has 1 saturated heterocycles. The summed E-state index contributed by atoms with van der Waals surface area (Å²) in [5.74, 6) is -0.581. The van der Waals surface area contributed by atoms with E-state index in [9.17, 15) is 32.7 Å². The summed E-state index contributed by atoms with van der Waals surface area (Å²) in [6.45, 7) is 2.81. The fourth-order valence-corrected chi connectivity index (χ4v) is 6.81. The average molecular weight is 727 g/mol. The van der Waals surface area contributed by atoms with Gasteiger partial charge in [0.05, 0.1) is 29.1 Å². The Morgan fingerprint density at radius 2 is 1.88 bits per heavy atom. The summed E-state index contributed by atoms with van der Waals surface area (Å²) in [6.07, 6.45) is 1.37. The van der Waals surface area contributed by atoms with Crippen LogP contribution in [0.2, 0.25) is 5.02 Å². The third-order valence-corrected chi connectivity index (χ3v) is 9.79. The molecule has 2 fully saturated rings. The van der Waals surface area contributed by atoms with Crippen LogP contribution in [-0.2, 0) is 30.4 Å². The Bertz CT molecular complexity index is 2110. The SMILES string of the molecule is CCc1c(N2CCN(C(=O)c3ncc4c(c3O)OCC4)CC2)c(=O)c2nc(N(C)C3CC3)cnc2n1CC(=O)Nc1ccc(C(F)(F)F)cc1Cl. The lowest BCUT2D eigenvalue weighted by atomic mass is 10.1. The maximum absolute atomic E-state index is 14.3. The second-order valence-corrected chi connectivity index (χ2v) is 13.1. The minimum absolute atomic E-state index is 0.00559. The van der Waals surface area contributed by atoms with E-state index in [0.717, 1.165) is 36.6 Å². The Morgan fingerprint density at radius 3 is 2.55 bits per heavy atom. The Labute approximate surface area is 294 Å². The minimum atomic E-state index is -4.60. The Balaban J connectivity index is 1.21. The molecule has 0 radical (unpaired) electrons. The topological polar surface area (TPSA) is 146 Å². The number of pyridine rings is 2. The number of amides is 2. The second kappa shape index (κ2) is 13.2. The lowest BCUT2D eigenvalue weighted by molar-refractivity contribution is -0.137. The molecule has 0 atom stereocenters. The van der Waals surface area contributed by atoms with Crippen molar-refractivity contribution in [2.75, 3.05) is 55.0 Å². The highest BCUT2D eigenvalue weighted by atomic mass is 35.5. The van der Waals surface area contributed by atoms with Crippen LogP contribution in [0.25, 0.3) is 11.2 Å². The first-order valence-electron chi connectivity index (χ1n) is 16.5. The number of ether oxygens (including phenoxy) is 1. The summed E-state index contributed by atoms with van der Waals surface area (Å²) in [4.78, 5) is 60.1. The fraction of sp³-hybridized carbons (Fsp3) is 0.412. The fourth-order valence-electron chi connectivity index (χ4n) is 6.59. The summed E-state index contributed by atoms with van der Waals surface area (Å²) in [5, 5.41) is 13.0. The number of nitrogens with zero attached hydrogens (tertiary/aromatic N) is 7. The summed E-state index contributed by atoms with van der Waals surface area (Å²) < 4.78 is 46.7. The van der Waals surface area contributed by atoms with E-state index >= 15 is 0 Å². The van der Waals surface area contributed by atoms with E-state index in [-0.39, 0.29) is 83.3 Å². The van der Waals surface area contributed by atoms with Crippen molar-refractivity contribution < 1.29 is 32.6 Å². The lowest BCUT2D eigenvalue weighted by Gasteiger charge is -2.37. The van der Waals surface area contributed by atoms with Crippen LogP contribution in [0.1, 0.15) is 47.1 Å². The number of carbonyl (C=O) groups is 2. The molecule has 268 valence electrons. The molecule has 13 nitrogen and oxygen atoms in total. The molecule has 0 spiro atoms. The maximum Gasteiger partial charge on any atom is 0.416 e. The largest absolute Gasteiger partial charge is 0.503 e. The van der Waals surface area contributed by atoms with Crippen LogP contribution < -0.4 is 25.3 Å². The third-order valence-electron chi connectivity index (χ3n) is 9.47. The highest BCUT2D eigenvalue weighted by Crippen LogP contribution is 2.37. The molecule has 5 heterocycles. The Hall–Kier alpha value is -5.12. The zero-order valence-electron chi connectivity index (χ0n) is 27.8. The molecule has 4 aromatic rings. The van der Waals surface area contributed by atoms with Crippen LogP contribution in [-0.4, -0.2) is 87.2 Å². The van der Waals surface area contributed by atoms with Crippen molar-refractivity contribution in [3.8, 4) is 11.5 Å². The van der Waals surface area contributed by atoms with Crippen LogP contribution in [0.5, 0.6) is 11.5 Å². The molecule has 1 saturated carbocycles. The summed E-state index contributed by atoms with van der Waals surface area (Å²) >= 11 is 6.12. The first-order chi connectivity index (χ1) is 24.3. The van der Waals surface area contributed by atoms with Gasteiger partial charge in [-0.2, -0.15) is 13.2 Å². The van der Waals surface area contributed by atoms with E-state index in [1.807, 2.05) is 23.8 Å². The van der Waals surface area contributed by atoms with Gasteiger partial charge in [0.25, 0.3) is 5.91 Å². The van der Waals surface area contributed by atoms with Gasteiger partial charge in [-0.1, -0.05) is 18.5 Å². The zero-order valence-corrected chi connectivity index (χ0v) is 28.5. The van der Waals surface area contributed by atoms with Gasteiger partial charge in [-0.15, -0.1) is 0 Å². The molecule has 17 heteroatoms. The molecule has 1 aliphatic carbocycles. The van der Waals surface area contributed by atoms with Crippen LogP contribution in [0.3, 0.4) is 0 Å². The van der Waals surface area contributed by atoms with E-state index in [1.54, 1.807) is 15.7 Å². The second-order valence-electron chi connectivity index (χ2n) is 12.7. The highest BCUT2D eigenvalue weighted by molar-refractivity contribution is 6.33. The van der Waals surface area contributed by atoms with Crippen molar-refractivity contribution in [3.63, 3.8) is 0 Å². The molecule has 1 aromatic carbocycles. The lowest BCUT2D eigenvalue weighted by Crippen LogP contribution is -2.50. The zero-order chi connectivity index (χ0) is 36.2. The van der Waals surface area contributed by atoms with Crippen molar-refractivity contribution in [3.05, 3.63) is 68.4 Å². The molecule has 2 aliphatic heterocycles. The number of piperazine rings is 1. The van der Waals surface area contributed by atoms with Crippen molar-refractivity contribution in [1.29, 1.82) is 0 Å². The van der Waals surface area contributed by atoms with Gasteiger partial charge in [0.2, 0.25) is 11.3 Å². The number of hydrogen-bond donors (Lipinski definition) is 2. The quantitative estimate of drug-likeness (QED) is 0.270. The molecule has 0 bridgehead atoms. The molecule has 2 N–H and O–H groups in total. The molecule has 3 aliphatic rings. The van der Waals surface area contributed by atoms with Gasteiger partial charge in [0.15, 0.2) is 28.4 Å². The van der Waals surface area contributed by atoms with Crippen LogP contribution in [0.15, 0.2) is 35.4 Å². The summed E-state index contributed by atoms with van der Waals surface area (Å²) in [5.41, 5.74) is 0.334. The predicted molar refractivity (Wildman–Crippen MR) is 183 cm³/mol. The van der Waals surface area contributed by atoms with Gasteiger partial charge >= 0.3 is 6.18 Å². The molecular formula is C34H34ClF3N8O5. The number of anilines is 3. The summed E-state index contributed by atoms with van der Waals surface area (Å²) in [6, 6.07) is 2.94. The molecule has 0 unspecified atom stereocenters. The highest BCUT2D eigenvalue weighted by Gasteiger charge is 2.34. The normalized spacial score (nSPS) is 15.9. The average Bonchev–Trinajstić information content (AvgIpc) is 3.85. The number of benzene rings is 1. The van der Waals surface area contributed by atoms with Crippen LogP contribution >= 0.6 is 11.6 Å². The number of hydrogen-bond acceptors (Lipinski definition) is 10. The number of alkyl halides is 3. The molecule has 2 amide bonds. The monoisotopic (exact) mass is 726 g/mol. The van der Waals surface area contributed by atoms with E-state index in [0.29, 0.717) is 36.6 Å². The van der Waals surface area contributed by atoms with Crippen molar-refractivity contribution >= 4 is 51.8 Å². The van der Waals surface area contributed by atoms with Gasteiger partial charge in [-0.25, -0.2) is 15.0 Å². The smallest absolute Gasteiger partial charge is 0.416 e. The molecule has 3 aromatic heterocycles. The Kier molecular flexibility index (Phi) is 8.89. The van der Waals surface area contributed by atoms with Gasteiger partial charge in [-0.3, -0.25) is 14.4 Å². The first kappa shape index (κ1) is 34.3. The van der Waals surface area contributed by atoms with Crippen LogP contribution in [0.4, 0.5) is 30.4 Å². The van der Waals surface area contributed by atoms with Crippen molar-refractivity contribution in [1.82, 2.24) is 24.4 Å². The molecular weight excluding hydrogens is 693 g/mol. The summed E-state index contributed by atoms with van der Waals surface area (Å²) in [7, 11) is 1.88. The number of halogens is 4. The van der Waals surface area contributed by atoms with Gasteiger partial charge in [0, 0.05) is 63.1 Å². The minimum Gasteiger partial charge on any atom is -0.503 e. The number of carbonyl (C=O) groups excluding carboxylic acids is 2. The van der Waals surface area contributed by atoms with Crippen molar-refractivity contribution in [2.45, 2.75) is 51.4 Å². The van der Waals surface area contributed by atoms with E-state index < -0.39 is 23.6 Å². The first-order valence-corrected chi connectivity index (χ1v) is 16.9. The van der Waals surface area contributed by atoms with Gasteiger partial charge < -0.3 is 34.4 Å². The standard InChI is InChI=1S/C34H34ClF3N8O5/c1-3-23-28(44-9-11-45(12-10-44)33(50)27-30(49)31-18(15-39-27)8-13-51-31)29(48)26-32(40-16-24(42-26)43(2)20-5-6-20)46(23)17-25(47)41-22-7-4-19(14-21(22)35)34(36,37)38/h4,7,14-16,20,49H,3,5-6,8-13,17H2,1-2H3,(H,41,47). The Morgan fingerprint density at radius 1 is 1.14 bits per heavy atom. The van der Waals surface area contributed by atoms with Gasteiger partial charge in [0.1, 0.15) is 18.1 Å². The number of aromatic hydroxyl groups is 1. The van der Waals surface area contributed by atoms with E-state index in [1.165, 1.54) is 6.20 Å². The van der Waals surface area contributed by atoms with E-state index in [4.69, 9.17) is 21.3 Å². The third kappa shape index (κ3) is 6.48. The van der Waals surface area contributed by atoms with Crippen molar-refractivity contribution in [2.24, 2.45) is 0 Å². The maximum atomic E-state index is 14.3. The van der Waals surface area contributed by atoms with Gasteiger partial charge in [-0.05, 0) is 37.5 Å². The van der Waals surface area contributed by atoms with Crippen LogP contribution in [0, 0.1) is 0 Å². The molecule has 51 heavy (non-hydrogen) atoms. The number of fused-ring (bicyclic) bond motifs is 2. The number of aromatic nitrogens is 4. The van der Waals surface area contributed by atoms with E-state index in [2.05, 4.69) is 15.3 Å². The number of nitrogens with one attached hydrogen (secondary N) is 1. The molecule has 7 rings (SSSR count). The number of rotatable bonds is 8. The predicted octanol–water partition coefficient (Wildman–Crippen LogP) is 4.26.